The van der Waals surface area contributed by atoms with E-state index in [1.165, 1.54) is 35.2 Å². The molecule has 0 aliphatic carbocycles. The summed E-state index contributed by atoms with van der Waals surface area (Å²) < 4.78 is 0. The summed E-state index contributed by atoms with van der Waals surface area (Å²) in [6.45, 7) is 0. The van der Waals surface area contributed by atoms with Crippen molar-refractivity contribution in [2.75, 3.05) is 6.16 Å². The van der Waals surface area contributed by atoms with Crippen molar-refractivity contribution in [1.82, 2.24) is 0 Å². The van der Waals surface area contributed by atoms with Crippen molar-refractivity contribution < 1.29 is 9.90 Å². The highest BCUT2D eigenvalue weighted by molar-refractivity contribution is 7.95. The molecule has 4 aromatic rings. The van der Waals surface area contributed by atoms with Gasteiger partial charge in [0.05, 0.1) is 11.7 Å². The third-order valence-electron chi connectivity index (χ3n) is 6.78. The van der Waals surface area contributed by atoms with E-state index in [1.54, 1.807) is 12.1 Å². The minimum absolute atomic E-state index is 0.440. The van der Waals surface area contributed by atoms with Crippen LogP contribution in [0.4, 0.5) is 0 Å². The smallest absolute Gasteiger partial charge is 0.335 e. The molecule has 0 aliphatic rings. The zero-order valence-electron chi connectivity index (χ0n) is 20.2. The quantitative estimate of drug-likeness (QED) is 0.177. The van der Waals surface area contributed by atoms with Gasteiger partial charge in [0.25, 0.3) is 0 Å². The van der Waals surface area contributed by atoms with E-state index in [9.17, 15) is 9.90 Å². The number of hydrogen-bond acceptors (Lipinski definition) is 1. The van der Waals surface area contributed by atoms with Crippen molar-refractivity contribution in [3.63, 3.8) is 0 Å². The van der Waals surface area contributed by atoms with Gasteiger partial charge in [0, 0.05) is 0 Å². The summed E-state index contributed by atoms with van der Waals surface area (Å²) in [5.41, 5.74) is 1.39. The lowest BCUT2D eigenvalue weighted by Gasteiger charge is -2.27. The number of hydrogen-bond donors (Lipinski definition) is 1. The number of carbonyl (C=O) groups is 1. The summed E-state index contributed by atoms with van der Waals surface area (Å²) in [6, 6.07) is 40.6. The molecule has 178 valence electrons. The van der Waals surface area contributed by atoms with Crippen molar-refractivity contribution in [2.24, 2.45) is 0 Å². The number of rotatable bonds is 12. The van der Waals surface area contributed by atoms with Gasteiger partial charge < -0.3 is 5.11 Å². The second-order valence-electron chi connectivity index (χ2n) is 9.02. The average molecular weight is 482 g/mol. The van der Waals surface area contributed by atoms with Gasteiger partial charge in [0.1, 0.15) is 23.2 Å². The molecule has 0 amide bonds. The van der Waals surface area contributed by atoms with E-state index >= 15 is 0 Å². The van der Waals surface area contributed by atoms with Crippen LogP contribution in [0.1, 0.15) is 48.0 Å². The largest absolute Gasteiger partial charge is 0.478 e. The molecule has 1 N–H and O–H groups in total. The van der Waals surface area contributed by atoms with E-state index in [1.807, 2.05) is 12.1 Å². The van der Waals surface area contributed by atoms with Gasteiger partial charge in [-0.05, 0) is 73.7 Å². The maximum Gasteiger partial charge on any atom is 0.335 e. The Kier molecular flexibility index (Phi) is 8.87. The van der Waals surface area contributed by atoms with E-state index in [0.717, 1.165) is 31.0 Å². The van der Waals surface area contributed by atoms with Crippen LogP contribution in [0.3, 0.4) is 0 Å². The highest BCUT2D eigenvalue weighted by Gasteiger charge is 2.44. The maximum atomic E-state index is 11.4. The molecule has 4 aromatic carbocycles. The Morgan fingerprint density at radius 3 is 1.49 bits per heavy atom. The molecule has 4 rings (SSSR count). The van der Waals surface area contributed by atoms with Crippen molar-refractivity contribution in [1.29, 1.82) is 0 Å². The fourth-order valence-corrected chi connectivity index (χ4v) is 9.43. The zero-order chi connectivity index (χ0) is 24.3. The van der Waals surface area contributed by atoms with Gasteiger partial charge in [-0.3, -0.25) is 0 Å². The van der Waals surface area contributed by atoms with Crippen molar-refractivity contribution in [3.05, 3.63) is 126 Å². The molecule has 0 spiro atoms. The molecule has 35 heavy (non-hydrogen) atoms. The second-order valence-corrected chi connectivity index (χ2v) is 12.6. The van der Waals surface area contributed by atoms with Crippen LogP contribution >= 0.6 is 7.26 Å². The Balaban J connectivity index is 1.44. The normalized spacial score (nSPS) is 11.3. The minimum atomic E-state index is -1.74. The van der Waals surface area contributed by atoms with Crippen LogP contribution in [0, 0.1) is 0 Å². The molecule has 0 radical (unpaired) electrons. The highest BCUT2D eigenvalue weighted by atomic mass is 31.2. The van der Waals surface area contributed by atoms with Crippen LogP contribution in [0.15, 0.2) is 115 Å². The third-order valence-corrected chi connectivity index (χ3v) is 11.3. The second kappa shape index (κ2) is 12.5. The van der Waals surface area contributed by atoms with Crippen LogP contribution in [0.5, 0.6) is 0 Å². The van der Waals surface area contributed by atoms with Crippen molar-refractivity contribution in [3.8, 4) is 0 Å². The van der Waals surface area contributed by atoms with Crippen LogP contribution in [0.2, 0.25) is 0 Å². The fourth-order valence-electron chi connectivity index (χ4n) is 5.02. The molecule has 3 heteroatoms. The number of carboxylic acids is 1. The first-order chi connectivity index (χ1) is 17.2. The van der Waals surface area contributed by atoms with Crippen molar-refractivity contribution in [2.45, 2.75) is 38.5 Å². The van der Waals surface area contributed by atoms with E-state index in [4.69, 9.17) is 0 Å². The number of aromatic carboxylic acids is 1. The van der Waals surface area contributed by atoms with Gasteiger partial charge in [-0.15, -0.1) is 0 Å². The lowest BCUT2D eigenvalue weighted by atomic mass is 10.0. The molecule has 0 fully saturated rings. The SMILES string of the molecule is O=C(O)c1ccccc1CCCCCCC[P+](c1ccccc1)(c1ccccc1)c1ccccc1. The van der Waals surface area contributed by atoms with Crippen LogP contribution in [0.25, 0.3) is 0 Å². The molecule has 2 nitrogen and oxygen atoms in total. The predicted octanol–water partition coefficient (Wildman–Crippen LogP) is 6.87. The summed E-state index contributed by atoms with van der Waals surface area (Å²) in [5.74, 6) is -0.830. The van der Waals surface area contributed by atoms with E-state index < -0.39 is 13.2 Å². The number of unbranched alkanes of at least 4 members (excludes halogenated alkanes) is 4. The summed E-state index contributed by atoms with van der Waals surface area (Å²) >= 11 is 0. The van der Waals surface area contributed by atoms with Crippen molar-refractivity contribution >= 4 is 29.1 Å². The number of benzene rings is 4. The molecule has 0 atom stereocenters. The maximum absolute atomic E-state index is 11.4. The lowest BCUT2D eigenvalue weighted by molar-refractivity contribution is 0.0695. The Labute approximate surface area is 210 Å². The van der Waals surface area contributed by atoms with E-state index in [-0.39, 0.29) is 0 Å². The van der Waals surface area contributed by atoms with Crippen LogP contribution in [-0.2, 0) is 6.42 Å². The molecule has 0 aliphatic heterocycles. The van der Waals surface area contributed by atoms with Gasteiger partial charge in [0.15, 0.2) is 0 Å². The Morgan fingerprint density at radius 2 is 0.971 bits per heavy atom. The summed E-state index contributed by atoms with van der Waals surface area (Å²) in [6.07, 6.45) is 7.69. The molecule has 0 bridgehead atoms. The van der Waals surface area contributed by atoms with Gasteiger partial charge in [-0.1, -0.05) is 85.6 Å². The first kappa shape index (κ1) is 24.9. The molecular weight excluding hydrogens is 447 g/mol. The minimum Gasteiger partial charge on any atom is -0.478 e. The molecule has 0 aromatic heterocycles. The summed E-state index contributed by atoms with van der Waals surface area (Å²) in [4.78, 5) is 11.4. The molecule has 0 saturated carbocycles. The fraction of sp³-hybridized carbons (Fsp3) is 0.219. The first-order valence-corrected chi connectivity index (χ1v) is 14.6. The Hall–Kier alpha value is -3.22. The van der Waals surface area contributed by atoms with Gasteiger partial charge in [0.2, 0.25) is 0 Å². The monoisotopic (exact) mass is 481 g/mol. The Morgan fingerprint density at radius 1 is 0.543 bits per heavy atom. The standard InChI is InChI=1S/C32H33O2P/c33-32(34)31-25-15-14-18-27(31)17-7-2-1-3-16-26-35(28-19-8-4-9-20-28,29-21-10-5-11-22-29)30-23-12-6-13-24-30/h4-6,8-15,18-25H,1-3,7,16-17,26H2/p+1. The van der Waals surface area contributed by atoms with Gasteiger partial charge in [-0.2, -0.15) is 0 Å². The molecular formula is C32H34O2P+. The number of aryl methyl sites for hydroxylation is 1. The molecule has 0 saturated heterocycles. The van der Waals surface area contributed by atoms with Gasteiger partial charge >= 0.3 is 5.97 Å². The summed E-state index contributed by atoms with van der Waals surface area (Å²) in [5, 5.41) is 13.7. The molecule has 0 unspecified atom stereocenters. The lowest BCUT2D eigenvalue weighted by Crippen LogP contribution is -2.33. The van der Waals surface area contributed by atoms with Crippen LogP contribution < -0.4 is 15.9 Å². The van der Waals surface area contributed by atoms with Gasteiger partial charge in [-0.25, -0.2) is 4.79 Å². The Bertz CT molecular complexity index is 1090. The van der Waals surface area contributed by atoms with Crippen LogP contribution in [-0.4, -0.2) is 17.2 Å². The first-order valence-electron chi connectivity index (χ1n) is 12.6. The van der Waals surface area contributed by atoms with E-state index in [2.05, 4.69) is 91.0 Å². The van der Waals surface area contributed by atoms with E-state index in [0.29, 0.717) is 5.56 Å². The predicted molar refractivity (Wildman–Crippen MR) is 150 cm³/mol. The summed E-state index contributed by atoms with van der Waals surface area (Å²) in [7, 11) is -1.74. The zero-order valence-corrected chi connectivity index (χ0v) is 21.1. The number of carboxylic acid groups (broad SMARTS) is 1. The topological polar surface area (TPSA) is 37.3 Å². The average Bonchev–Trinajstić information content (AvgIpc) is 2.92. The third kappa shape index (κ3) is 6.08. The highest BCUT2D eigenvalue weighted by Crippen LogP contribution is 2.56. The molecule has 0 heterocycles.